The first-order valence-corrected chi connectivity index (χ1v) is 5.35. The van der Waals surface area contributed by atoms with E-state index in [1.165, 1.54) is 6.20 Å². The highest BCUT2D eigenvalue weighted by molar-refractivity contribution is 14.1. The number of nitrogens with one attached hydrogen (secondary N) is 1. The Labute approximate surface area is 99.0 Å². The summed E-state index contributed by atoms with van der Waals surface area (Å²) in [4.78, 5) is 18.2. The zero-order chi connectivity index (χ0) is 11.0. The van der Waals surface area contributed by atoms with Gasteiger partial charge in [-0.05, 0) is 36.4 Å². The van der Waals surface area contributed by atoms with E-state index in [0.717, 1.165) is 11.3 Å². The molecule has 0 atom stereocenters. The van der Waals surface area contributed by atoms with Gasteiger partial charge in [0, 0.05) is 6.20 Å². The molecule has 0 aliphatic carbocycles. The van der Waals surface area contributed by atoms with Crippen molar-refractivity contribution in [1.82, 2.24) is 15.1 Å². The summed E-state index contributed by atoms with van der Waals surface area (Å²) < 4.78 is 5.56. The van der Waals surface area contributed by atoms with Crippen molar-refractivity contribution < 1.29 is 4.52 Å². The van der Waals surface area contributed by atoms with Crippen LogP contribution in [0.15, 0.2) is 15.5 Å². The number of hydrogen-bond donors (Lipinski definition) is 1. The van der Waals surface area contributed by atoms with Crippen molar-refractivity contribution >= 4 is 22.6 Å². The zero-order valence-electron chi connectivity index (χ0n) is 8.17. The van der Waals surface area contributed by atoms with Gasteiger partial charge in [-0.25, -0.2) is 4.98 Å². The van der Waals surface area contributed by atoms with E-state index in [9.17, 15) is 4.79 Å². The smallest absolute Gasteiger partial charge is 0.264 e. The molecule has 0 fully saturated rings. The molecule has 0 aliphatic heterocycles. The normalized spacial score (nSPS) is 10.6. The number of rotatable bonds is 1. The Balaban J connectivity index is 2.65. The fourth-order valence-corrected chi connectivity index (χ4v) is 1.60. The van der Waals surface area contributed by atoms with E-state index in [4.69, 9.17) is 4.52 Å². The minimum atomic E-state index is -0.152. The monoisotopic (exact) mass is 317 g/mol. The Morgan fingerprint density at radius 2 is 2.20 bits per heavy atom. The van der Waals surface area contributed by atoms with E-state index in [2.05, 4.69) is 15.1 Å². The van der Waals surface area contributed by atoms with Crippen LogP contribution < -0.4 is 5.56 Å². The molecule has 0 aliphatic rings. The highest BCUT2D eigenvalue weighted by Gasteiger charge is 2.13. The van der Waals surface area contributed by atoms with Crippen molar-refractivity contribution in [3.05, 3.63) is 31.6 Å². The average molecular weight is 317 g/mol. The molecule has 2 rings (SSSR count). The summed E-state index contributed by atoms with van der Waals surface area (Å²) in [7, 11) is 0. The van der Waals surface area contributed by atoms with E-state index >= 15 is 0 Å². The second-order valence-electron chi connectivity index (χ2n) is 3.11. The van der Waals surface area contributed by atoms with Gasteiger partial charge in [0.2, 0.25) is 0 Å². The summed E-state index contributed by atoms with van der Waals surface area (Å²) in [6.45, 7) is 3.59. The third-order valence-electron chi connectivity index (χ3n) is 2.03. The molecule has 2 aromatic rings. The topological polar surface area (TPSA) is 71.8 Å². The second kappa shape index (κ2) is 3.76. The molecule has 0 amide bonds. The number of hydrogen-bond acceptors (Lipinski definition) is 4. The largest absolute Gasteiger partial charge is 0.361 e. The number of aromatic nitrogens is 3. The SMILES string of the molecule is Cc1noc(C)c1-c1ncc(I)c(=O)[nH]1. The van der Waals surface area contributed by atoms with Crippen molar-refractivity contribution in [3.8, 4) is 11.4 Å². The lowest BCUT2D eigenvalue weighted by Gasteiger charge is -1.98. The van der Waals surface area contributed by atoms with Crippen LogP contribution >= 0.6 is 22.6 Å². The molecule has 1 N–H and O–H groups in total. The Kier molecular flexibility index (Phi) is 2.59. The minimum Gasteiger partial charge on any atom is -0.361 e. The predicted molar refractivity (Wildman–Crippen MR) is 62.5 cm³/mol. The fourth-order valence-electron chi connectivity index (χ4n) is 1.33. The van der Waals surface area contributed by atoms with Crippen molar-refractivity contribution in [2.75, 3.05) is 0 Å². The van der Waals surface area contributed by atoms with Crippen LogP contribution in [0.1, 0.15) is 11.5 Å². The van der Waals surface area contributed by atoms with Crippen LogP contribution in [0.4, 0.5) is 0 Å². The fraction of sp³-hybridized carbons (Fsp3) is 0.222. The molecule has 0 saturated carbocycles. The molecule has 6 heteroatoms. The third kappa shape index (κ3) is 1.81. The number of halogens is 1. The van der Waals surface area contributed by atoms with Crippen LogP contribution in [0.25, 0.3) is 11.4 Å². The highest BCUT2D eigenvalue weighted by atomic mass is 127. The Morgan fingerprint density at radius 3 is 2.73 bits per heavy atom. The summed E-state index contributed by atoms with van der Waals surface area (Å²) in [5, 5.41) is 3.81. The standard InChI is InChI=1S/C9H8IN3O2/c1-4-7(5(2)15-13-4)8-11-3-6(10)9(14)12-8/h3H,1-2H3,(H,11,12,14). The molecule has 0 unspecified atom stereocenters. The molecule has 0 bridgehead atoms. The van der Waals surface area contributed by atoms with E-state index < -0.39 is 0 Å². The van der Waals surface area contributed by atoms with Crippen molar-refractivity contribution in [2.24, 2.45) is 0 Å². The highest BCUT2D eigenvalue weighted by Crippen LogP contribution is 2.22. The van der Waals surface area contributed by atoms with Crippen LogP contribution in [-0.2, 0) is 0 Å². The maximum Gasteiger partial charge on any atom is 0.264 e. The van der Waals surface area contributed by atoms with Gasteiger partial charge in [-0.2, -0.15) is 0 Å². The van der Waals surface area contributed by atoms with Crippen LogP contribution in [-0.4, -0.2) is 15.1 Å². The predicted octanol–water partition coefficient (Wildman–Crippen LogP) is 1.65. The van der Waals surface area contributed by atoms with Crippen LogP contribution in [0.2, 0.25) is 0 Å². The average Bonchev–Trinajstić information content (AvgIpc) is 2.52. The molecule has 0 aromatic carbocycles. The molecule has 2 aromatic heterocycles. The van der Waals surface area contributed by atoms with Gasteiger partial charge in [0.05, 0.1) is 14.8 Å². The lowest BCUT2D eigenvalue weighted by Crippen LogP contribution is -2.11. The van der Waals surface area contributed by atoms with Crippen molar-refractivity contribution in [3.63, 3.8) is 0 Å². The third-order valence-corrected chi connectivity index (χ3v) is 2.79. The van der Waals surface area contributed by atoms with Crippen molar-refractivity contribution in [1.29, 1.82) is 0 Å². The summed E-state index contributed by atoms with van der Waals surface area (Å²) >= 11 is 1.93. The van der Waals surface area contributed by atoms with E-state index in [-0.39, 0.29) is 5.56 Å². The molecular weight excluding hydrogens is 309 g/mol. The van der Waals surface area contributed by atoms with E-state index in [1.54, 1.807) is 6.92 Å². The molecule has 0 spiro atoms. The van der Waals surface area contributed by atoms with Gasteiger partial charge >= 0.3 is 0 Å². The van der Waals surface area contributed by atoms with Gasteiger partial charge in [0.25, 0.3) is 5.56 Å². The van der Waals surface area contributed by atoms with Gasteiger partial charge < -0.3 is 9.51 Å². The van der Waals surface area contributed by atoms with E-state index in [1.807, 2.05) is 29.5 Å². The summed E-state index contributed by atoms with van der Waals surface area (Å²) in [5.41, 5.74) is 1.32. The number of H-pyrrole nitrogens is 1. The van der Waals surface area contributed by atoms with Crippen molar-refractivity contribution in [2.45, 2.75) is 13.8 Å². The molecule has 5 nitrogen and oxygen atoms in total. The molecular formula is C9H8IN3O2. The second-order valence-corrected chi connectivity index (χ2v) is 4.27. The minimum absolute atomic E-state index is 0.152. The number of aromatic amines is 1. The number of aryl methyl sites for hydroxylation is 2. The number of nitrogens with zero attached hydrogens (tertiary/aromatic N) is 2. The molecule has 78 valence electrons. The summed E-state index contributed by atoms with van der Waals surface area (Å²) in [5.74, 6) is 1.15. The van der Waals surface area contributed by atoms with Crippen LogP contribution in [0, 0.1) is 17.4 Å². The first-order chi connectivity index (χ1) is 7.09. The van der Waals surface area contributed by atoms with Gasteiger partial charge in [0.15, 0.2) is 0 Å². The van der Waals surface area contributed by atoms with Gasteiger partial charge in [0.1, 0.15) is 11.6 Å². The Hall–Kier alpha value is -1.18. The summed E-state index contributed by atoms with van der Waals surface area (Å²) in [6.07, 6.45) is 1.53. The van der Waals surface area contributed by atoms with E-state index in [0.29, 0.717) is 15.2 Å². The van der Waals surface area contributed by atoms with Gasteiger partial charge in [-0.1, -0.05) is 5.16 Å². The maximum absolute atomic E-state index is 11.4. The van der Waals surface area contributed by atoms with Gasteiger partial charge in [-0.15, -0.1) is 0 Å². The lowest BCUT2D eigenvalue weighted by molar-refractivity contribution is 0.393. The first-order valence-electron chi connectivity index (χ1n) is 4.27. The zero-order valence-corrected chi connectivity index (χ0v) is 10.3. The van der Waals surface area contributed by atoms with Gasteiger partial charge in [-0.3, -0.25) is 4.79 Å². The van der Waals surface area contributed by atoms with Crippen LogP contribution in [0.5, 0.6) is 0 Å². The Morgan fingerprint density at radius 1 is 1.47 bits per heavy atom. The lowest BCUT2D eigenvalue weighted by atomic mass is 10.2. The first kappa shape index (κ1) is 10.3. The molecule has 0 radical (unpaired) electrons. The Bertz CT molecular complexity index is 539. The van der Waals surface area contributed by atoms with Crippen LogP contribution in [0.3, 0.4) is 0 Å². The molecule has 15 heavy (non-hydrogen) atoms. The quantitative estimate of drug-likeness (QED) is 0.812. The summed E-state index contributed by atoms with van der Waals surface area (Å²) in [6, 6.07) is 0. The molecule has 2 heterocycles. The maximum atomic E-state index is 11.4. The molecule has 0 saturated heterocycles.